The van der Waals surface area contributed by atoms with E-state index in [2.05, 4.69) is 0 Å². The van der Waals surface area contributed by atoms with Crippen LogP contribution in [-0.2, 0) is 11.3 Å². The Morgan fingerprint density at radius 3 is 2.65 bits per heavy atom. The minimum absolute atomic E-state index is 0.0863. The number of likely N-dealkylation sites (tertiary alicyclic amines) is 1. The van der Waals surface area contributed by atoms with E-state index in [-0.39, 0.29) is 5.91 Å². The number of carbonyl (C=O) groups excluding carboxylic acids is 1. The van der Waals surface area contributed by atoms with Gasteiger partial charge in [-0.2, -0.15) is 0 Å². The summed E-state index contributed by atoms with van der Waals surface area (Å²) in [6.45, 7) is 0.534. The summed E-state index contributed by atoms with van der Waals surface area (Å²) in [5.74, 6) is 0.390. The third-order valence-electron chi connectivity index (χ3n) is 3.89. The lowest BCUT2D eigenvalue weighted by Gasteiger charge is -2.34. The Morgan fingerprint density at radius 1 is 1.29 bits per heavy atom. The summed E-state index contributed by atoms with van der Waals surface area (Å²) >= 11 is 0. The number of carbonyl (C=O) groups is 1. The van der Waals surface area contributed by atoms with Gasteiger partial charge in [-0.1, -0.05) is 30.3 Å². The molecular formula is C14H17NO2. The van der Waals surface area contributed by atoms with Crippen LogP contribution in [0.1, 0.15) is 31.2 Å². The fourth-order valence-corrected chi connectivity index (χ4v) is 2.74. The summed E-state index contributed by atoms with van der Waals surface area (Å²) in [4.78, 5) is 13.6. The zero-order valence-electron chi connectivity index (χ0n) is 9.80. The van der Waals surface area contributed by atoms with Gasteiger partial charge in [0.2, 0.25) is 5.91 Å². The minimum atomic E-state index is -0.868. The molecule has 1 amide bonds. The van der Waals surface area contributed by atoms with Crippen LogP contribution in [0.2, 0.25) is 0 Å². The van der Waals surface area contributed by atoms with E-state index in [1.807, 2.05) is 30.3 Å². The summed E-state index contributed by atoms with van der Waals surface area (Å²) in [6, 6.07) is 9.89. The number of hydrogen-bond donors (Lipinski definition) is 1. The standard InChI is InChI=1S/C14H17NO2/c16-13-8-9-14(17,12-6-7-12)15(13)10-11-4-2-1-3-5-11/h1-5,12,17H,6-10H2. The van der Waals surface area contributed by atoms with E-state index in [1.165, 1.54) is 0 Å². The molecule has 1 aliphatic carbocycles. The van der Waals surface area contributed by atoms with Gasteiger partial charge in [0.15, 0.2) is 0 Å². The molecule has 0 radical (unpaired) electrons. The highest BCUT2D eigenvalue weighted by atomic mass is 16.3. The molecule has 1 heterocycles. The van der Waals surface area contributed by atoms with Crippen molar-refractivity contribution in [2.75, 3.05) is 0 Å². The third kappa shape index (κ3) is 1.84. The number of nitrogens with zero attached hydrogens (tertiary/aromatic N) is 1. The Balaban J connectivity index is 1.82. The van der Waals surface area contributed by atoms with Crippen molar-refractivity contribution in [1.29, 1.82) is 0 Å². The van der Waals surface area contributed by atoms with Crippen molar-refractivity contribution in [2.24, 2.45) is 5.92 Å². The van der Waals surface area contributed by atoms with E-state index in [4.69, 9.17) is 0 Å². The second kappa shape index (κ2) is 3.84. The van der Waals surface area contributed by atoms with Crippen LogP contribution in [0.25, 0.3) is 0 Å². The van der Waals surface area contributed by atoms with Gasteiger partial charge in [-0.15, -0.1) is 0 Å². The van der Waals surface area contributed by atoms with E-state index in [0.29, 0.717) is 25.3 Å². The molecule has 3 rings (SSSR count). The van der Waals surface area contributed by atoms with Gasteiger partial charge < -0.3 is 10.0 Å². The molecule has 1 saturated carbocycles. The fraction of sp³-hybridized carbons (Fsp3) is 0.500. The summed E-state index contributed by atoms with van der Waals surface area (Å²) < 4.78 is 0. The molecule has 1 aliphatic heterocycles. The number of hydrogen-bond acceptors (Lipinski definition) is 2. The van der Waals surface area contributed by atoms with E-state index in [9.17, 15) is 9.90 Å². The predicted octanol–water partition coefficient (Wildman–Crippen LogP) is 1.91. The van der Waals surface area contributed by atoms with Crippen LogP contribution in [0.15, 0.2) is 30.3 Å². The number of benzene rings is 1. The first-order valence-electron chi connectivity index (χ1n) is 6.27. The van der Waals surface area contributed by atoms with Crippen molar-refractivity contribution in [3.63, 3.8) is 0 Å². The monoisotopic (exact) mass is 231 g/mol. The molecule has 90 valence electrons. The van der Waals surface area contributed by atoms with Crippen molar-refractivity contribution in [2.45, 2.75) is 38.0 Å². The van der Waals surface area contributed by atoms with Crippen molar-refractivity contribution in [1.82, 2.24) is 4.90 Å². The van der Waals surface area contributed by atoms with Gasteiger partial charge in [0.25, 0.3) is 0 Å². The molecule has 0 spiro atoms. The lowest BCUT2D eigenvalue weighted by molar-refractivity contribution is -0.151. The van der Waals surface area contributed by atoms with Crippen LogP contribution in [0.4, 0.5) is 0 Å². The molecule has 1 N–H and O–H groups in total. The Labute approximate surface area is 101 Å². The van der Waals surface area contributed by atoms with E-state index in [1.54, 1.807) is 4.90 Å². The maximum Gasteiger partial charge on any atom is 0.225 e. The topological polar surface area (TPSA) is 40.5 Å². The third-order valence-corrected chi connectivity index (χ3v) is 3.89. The summed E-state index contributed by atoms with van der Waals surface area (Å²) in [5, 5.41) is 10.6. The maximum absolute atomic E-state index is 11.9. The van der Waals surface area contributed by atoms with Crippen LogP contribution < -0.4 is 0 Å². The Kier molecular flexibility index (Phi) is 2.44. The maximum atomic E-state index is 11.9. The molecule has 0 aromatic heterocycles. The number of rotatable bonds is 3. The van der Waals surface area contributed by atoms with Gasteiger partial charge in [0.1, 0.15) is 5.72 Å². The first kappa shape index (κ1) is 10.8. The van der Waals surface area contributed by atoms with E-state index in [0.717, 1.165) is 18.4 Å². The summed E-state index contributed by atoms with van der Waals surface area (Å²) in [7, 11) is 0. The van der Waals surface area contributed by atoms with Crippen LogP contribution in [0, 0.1) is 5.92 Å². The molecular weight excluding hydrogens is 214 g/mol. The molecule has 3 nitrogen and oxygen atoms in total. The summed E-state index contributed by atoms with van der Waals surface area (Å²) in [6.07, 6.45) is 3.19. The highest BCUT2D eigenvalue weighted by molar-refractivity contribution is 5.79. The molecule has 17 heavy (non-hydrogen) atoms. The molecule has 1 aromatic carbocycles. The van der Waals surface area contributed by atoms with Crippen LogP contribution in [-0.4, -0.2) is 21.6 Å². The first-order valence-corrected chi connectivity index (χ1v) is 6.27. The molecule has 1 aromatic rings. The molecule has 0 bridgehead atoms. The lowest BCUT2D eigenvalue weighted by Crippen LogP contribution is -2.47. The predicted molar refractivity (Wildman–Crippen MR) is 63.9 cm³/mol. The lowest BCUT2D eigenvalue weighted by atomic mass is 10.0. The Hall–Kier alpha value is -1.35. The van der Waals surface area contributed by atoms with Gasteiger partial charge >= 0.3 is 0 Å². The van der Waals surface area contributed by atoms with Crippen LogP contribution >= 0.6 is 0 Å². The average molecular weight is 231 g/mol. The highest BCUT2D eigenvalue weighted by Crippen LogP contribution is 2.47. The van der Waals surface area contributed by atoms with Crippen molar-refractivity contribution in [3.8, 4) is 0 Å². The SMILES string of the molecule is O=C1CCC(O)(C2CC2)N1Cc1ccccc1. The highest BCUT2D eigenvalue weighted by Gasteiger charge is 2.53. The first-order chi connectivity index (χ1) is 8.20. The van der Waals surface area contributed by atoms with Gasteiger partial charge in [0, 0.05) is 25.3 Å². The Morgan fingerprint density at radius 2 is 2.00 bits per heavy atom. The van der Waals surface area contributed by atoms with Gasteiger partial charge in [-0.05, 0) is 18.4 Å². The van der Waals surface area contributed by atoms with Crippen LogP contribution in [0.3, 0.4) is 0 Å². The van der Waals surface area contributed by atoms with Crippen molar-refractivity contribution < 1.29 is 9.90 Å². The van der Waals surface area contributed by atoms with Crippen molar-refractivity contribution in [3.05, 3.63) is 35.9 Å². The normalized spacial score (nSPS) is 28.8. The van der Waals surface area contributed by atoms with Gasteiger partial charge in [-0.3, -0.25) is 4.79 Å². The second-order valence-electron chi connectivity index (χ2n) is 5.12. The molecule has 2 fully saturated rings. The smallest absolute Gasteiger partial charge is 0.225 e. The van der Waals surface area contributed by atoms with E-state index >= 15 is 0 Å². The van der Waals surface area contributed by atoms with Gasteiger partial charge in [-0.25, -0.2) is 0 Å². The number of amides is 1. The molecule has 2 aliphatic rings. The minimum Gasteiger partial charge on any atom is -0.370 e. The average Bonchev–Trinajstić information content (AvgIpc) is 3.15. The largest absolute Gasteiger partial charge is 0.370 e. The van der Waals surface area contributed by atoms with Crippen LogP contribution in [0.5, 0.6) is 0 Å². The summed E-state index contributed by atoms with van der Waals surface area (Å²) in [5.41, 5.74) is 0.217. The molecule has 1 saturated heterocycles. The zero-order chi connectivity index (χ0) is 11.9. The second-order valence-corrected chi connectivity index (χ2v) is 5.12. The zero-order valence-corrected chi connectivity index (χ0v) is 9.80. The fourth-order valence-electron chi connectivity index (χ4n) is 2.74. The number of aliphatic hydroxyl groups is 1. The van der Waals surface area contributed by atoms with Gasteiger partial charge in [0.05, 0.1) is 0 Å². The Bertz CT molecular complexity index is 427. The molecule has 1 unspecified atom stereocenters. The molecule has 3 heteroatoms. The quantitative estimate of drug-likeness (QED) is 0.863. The van der Waals surface area contributed by atoms with E-state index < -0.39 is 5.72 Å². The molecule has 1 atom stereocenters. The van der Waals surface area contributed by atoms with Crippen molar-refractivity contribution >= 4 is 5.91 Å².